The maximum Gasteiger partial charge on any atom is 0.243 e. The van der Waals surface area contributed by atoms with Crippen LogP contribution in [0.1, 0.15) is 0 Å². The van der Waals surface area contributed by atoms with E-state index in [1.165, 1.54) is 36.4 Å². The molecule has 0 spiro atoms. The number of ether oxygens (including phenoxy) is 1. The molecule has 1 saturated heterocycles. The third-order valence-electron chi connectivity index (χ3n) is 4.92. The quantitative estimate of drug-likeness (QED) is 0.495. The number of nitrogens with zero attached hydrogens (tertiary/aromatic N) is 1. The number of sulfonamides is 1. The van der Waals surface area contributed by atoms with Gasteiger partial charge in [-0.15, -0.1) is 0 Å². The molecular formula is C21H17ClFNO5S2. The van der Waals surface area contributed by atoms with Crippen molar-refractivity contribution in [3.63, 3.8) is 0 Å². The highest BCUT2D eigenvalue weighted by Crippen LogP contribution is 2.32. The first-order chi connectivity index (χ1) is 14.7. The number of sulfone groups is 1. The third kappa shape index (κ3) is 4.31. The van der Waals surface area contributed by atoms with Gasteiger partial charge in [0.1, 0.15) is 17.3 Å². The average molecular weight is 482 g/mol. The van der Waals surface area contributed by atoms with Crippen LogP contribution in [0, 0.1) is 5.82 Å². The van der Waals surface area contributed by atoms with E-state index in [0.29, 0.717) is 16.5 Å². The van der Waals surface area contributed by atoms with E-state index < -0.39 is 30.9 Å². The van der Waals surface area contributed by atoms with Gasteiger partial charge in [-0.3, -0.25) is 0 Å². The Hall–Kier alpha value is -2.46. The topological polar surface area (TPSA) is 80.8 Å². The predicted octanol–water partition coefficient (Wildman–Crippen LogP) is 4.12. The summed E-state index contributed by atoms with van der Waals surface area (Å²) in [6, 6.07) is 17.2. The van der Waals surface area contributed by atoms with Gasteiger partial charge < -0.3 is 4.74 Å². The molecule has 3 aromatic rings. The third-order valence-corrected chi connectivity index (χ3v) is 9.18. The van der Waals surface area contributed by atoms with Gasteiger partial charge in [-0.25, -0.2) is 21.2 Å². The Balaban J connectivity index is 1.45. The summed E-state index contributed by atoms with van der Waals surface area (Å²) in [5.74, 6) is 0.308. The Kier molecular flexibility index (Phi) is 5.78. The highest BCUT2D eigenvalue weighted by atomic mass is 35.5. The zero-order valence-electron chi connectivity index (χ0n) is 16.0. The molecule has 31 heavy (non-hydrogen) atoms. The Bertz CT molecular complexity index is 1300. The molecule has 0 aromatic heterocycles. The van der Waals surface area contributed by atoms with Crippen molar-refractivity contribution in [2.75, 3.05) is 13.1 Å². The minimum atomic E-state index is -3.85. The van der Waals surface area contributed by atoms with Crippen LogP contribution >= 0.6 is 11.6 Å². The normalized spacial score (nSPS) is 15.4. The Labute approximate surface area is 184 Å². The van der Waals surface area contributed by atoms with E-state index in [0.717, 1.165) is 16.4 Å². The minimum Gasteiger partial charge on any atom is -0.456 e. The first-order valence-corrected chi connectivity index (χ1v) is 12.6. The molecule has 4 rings (SSSR count). The predicted molar refractivity (Wildman–Crippen MR) is 114 cm³/mol. The molecule has 0 saturated carbocycles. The lowest BCUT2D eigenvalue weighted by Crippen LogP contribution is -2.56. The van der Waals surface area contributed by atoms with Crippen molar-refractivity contribution < 1.29 is 26.0 Å². The van der Waals surface area contributed by atoms with Crippen molar-refractivity contribution in [2.24, 2.45) is 0 Å². The second kappa shape index (κ2) is 8.23. The van der Waals surface area contributed by atoms with E-state index in [2.05, 4.69) is 0 Å². The molecule has 0 atom stereocenters. The SMILES string of the molecule is O=S(=O)(c1ccc(F)cc1)C1CN(S(=O)(=O)c2ccc(Oc3ccccc3Cl)cc2)C1. The van der Waals surface area contributed by atoms with Crippen LogP contribution in [-0.4, -0.2) is 39.5 Å². The van der Waals surface area contributed by atoms with E-state index in [1.54, 1.807) is 24.3 Å². The Morgan fingerprint density at radius 2 is 1.42 bits per heavy atom. The summed E-state index contributed by atoms with van der Waals surface area (Å²) in [5.41, 5.74) is 0. The molecule has 1 fully saturated rings. The van der Waals surface area contributed by atoms with Gasteiger partial charge in [0.2, 0.25) is 10.0 Å². The number of halogens is 2. The molecule has 10 heteroatoms. The lowest BCUT2D eigenvalue weighted by Gasteiger charge is -2.37. The highest BCUT2D eigenvalue weighted by Gasteiger charge is 2.44. The van der Waals surface area contributed by atoms with E-state index >= 15 is 0 Å². The summed E-state index contributed by atoms with van der Waals surface area (Å²) in [7, 11) is -7.60. The lowest BCUT2D eigenvalue weighted by atomic mass is 10.3. The van der Waals surface area contributed by atoms with Crippen LogP contribution in [-0.2, 0) is 19.9 Å². The summed E-state index contributed by atoms with van der Waals surface area (Å²) in [4.78, 5) is -0.00587. The lowest BCUT2D eigenvalue weighted by molar-refractivity contribution is 0.309. The second-order valence-corrected chi connectivity index (χ2v) is 11.5. The zero-order valence-corrected chi connectivity index (χ0v) is 18.4. The Morgan fingerprint density at radius 3 is 2.03 bits per heavy atom. The van der Waals surface area contributed by atoms with Gasteiger partial charge in [0.25, 0.3) is 0 Å². The minimum absolute atomic E-state index is 0.0247. The van der Waals surface area contributed by atoms with E-state index in [-0.39, 0.29) is 22.9 Å². The molecular weight excluding hydrogens is 465 g/mol. The van der Waals surface area contributed by atoms with Crippen molar-refractivity contribution in [3.05, 3.63) is 83.6 Å². The summed E-state index contributed by atoms with van der Waals surface area (Å²) in [6.07, 6.45) is 0. The number of rotatable bonds is 6. The monoisotopic (exact) mass is 481 g/mol. The highest BCUT2D eigenvalue weighted by molar-refractivity contribution is 7.92. The molecule has 0 N–H and O–H groups in total. The zero-order chi connectivity index (χ0) is 22.2. The molecule has 1 aliphatic rings. The molecule has 6 nitrogen and oxygen atoms in total. The number of para-hydroxylation sites is 1. The molecule has 1 aliphatic heterocycles. The van der Waals surface area contributed by atoms with Crippen LogP contribution in [0.2, 0.25) is 5.02 Å². The van der Waals surface area contributed by atoms with Gasteiger partial charge in [-0.05, 0) is 60.7 Å². The summed E-state index contributed by atoms with van der Waals surface area (Å²) < 4.78 is 70.6. The maximum absolute atomic E-state index is 13.1. The van der Waals surface area contributed by atoms with Crippen LogP contribution in [0.3, 0.4) is 0 Å². The Morgan fingerprint density at radius 1 is 0.839 bits per heavy atom. The average Bonchev–Trinajstić information content (AvgIpc) is 2.69. The number of hydrogen-bond acceptors (Lipinski definition) is 5. The summed E-state index contributed by atoms with van der Waals surface area (Å²) in [5, 5.41) is -0.455. The first kappa shape index (κ1) is 21.8. The van der Waals surface area contributed by atoms with Crippen LogP contribution in [0.25, 0.3) is 0 Å². The van der Waals surface area contributed by atoms with Gasteiger partial charge in [0.05, 0.1) is 20.1 Å². The second-order valence-electron chi connectivity index (χ2n) is 6.95. The van der Waals surface area contributed by atoms with E-state index in [4.69, 9.17) is 16.3 Å². The van der Waals surface area contributed by atoms with Crippen molar-refractivity contribution in [3.8, 4) is 11.5 Å². The molecule has 0 amide bonds. The standard InChI is InChI=1S/C21H17ClFNO5S2/c22-20-3-1-2-4-21(20)29-16-7-11-18(12-8-16)31(27,28)24-13-19(14-24)30(25,26)17-9-5-15(23)6-10-17/h1-12,19H,13-14H2. The van der Waals surface area contributed by atoms with Crippen LogP contribution < -0.4 is 4.74 Å². The molecule has 0 unspecified atom stereocenters. The molecule has 0 radical (unpaired) electrons. The van der Waals surface area contributed by atoms with Crippen molar-refractivity contribution in [1.29, 1.82) is 0 Å². The maximum atomic E-state index is 13.1. The molecule has 0 bridgehead atoms. The fourth-order valence-electron chi connectivity index (χ4n) is 3.09. The molecule has 1 heterocycles. The van der Waals surface area contributed by atoms with Gasteiger partial charge in [0, 0.05) is 13.1 Å². The molecule has 0 aliphatic carbocycles. The van der Waals surface area contributed by atoms with Gasteiger partial charge >= 0.3 is 0 Å². The van der Waals surface area contributed by atoms with Gasteiger partial charge in [-0.2, -0.15) is 4.31 Å². The van der Waals surface area contributed by atoms with Crippen LogP contribution in [0.5, 0.6) is 11.5 Å². The van der Waals surface area contributed by atoms with Crippen molar-refractivity contribution >= 4 is 31.5 Å². The fourth-order valence-corrected chi connectivity index (χ4v) is 6.64. The summed E-state index contributed by atoms with van der Waals surface area (Å²) in [6.45, 7) is -0.333. The van der Waals surface area contributed by atoms with Gasteiger partial charge in [0.15, 0.2) is 9.84 Å². The molecule has 3 aromatic carbocycles. The fraction of sp³-hybridized carbons (Fsp3) is 0.143. The molecule has 162 valence electrons. The number of benzene rings is 3. The van der Waals surface area contributed by atoms with Crippen molar-refractivity contribution in [1.82, 2.24) is 4.31 Å². The van der Waals surface area contributed by atoms with Crippen LogP contribution in [0.4, 0.5) is 4.39 Å². The summed E-state index contributed by atoms with van der Waals surface area (Å²) >= 11 is 6.05. The number of hydrogen-bond donors (Lipinski definition) is 0. The first-order valence-electron chi connectivity index (χ1n) is 9.20. The van der Waals surface area contributed by atoms with Gasteiger partial charge in [-0.1, -0.05) is 23.7 Å². The van der Waals surface area contributed by atoms with Crippen LogP contribution in [0.15, 0.2) is 82.6 Å². The van der Waals surface area contributed by atoms with E-state index in [1.807, 2.05) is 0 Å². The smallest absolute Gasteiger partial charge is 0.243 e. The van der Waals surface area contributed by atoms with Crippen molar-refractivity contribution in [2.45, 2.75) is 15.0 Å². The van der Waals surface area contributed by atoms with E-state index in [9.17, 15) is 21.2 Å². The largest absolute Gasteiger partial charge is 0.456 e.